The van der Waals surface area contributed by atoms with Crippen molar-refractivity contribution in [3.05, 3.63) is 29.8 Å². The molecule has 2 N–H and O–H groups in total. The zero-order valence-electron chi connectivity index (χ0n) is 16.0. The van der Waals surface area contributed by atoms with Gasteiger partial charge in [-0.05, 0) is 45.4 Å². The molecule has 2 amide bonds. The second kappa shape index (κ2) is 9.28. The molecular weight excluding hydrogens is 350 g/mol. The van der Waals surface area contributed by atoms with Crippen molar-refractivity contribution in [1.29, 1.82) is 0 Å². The van der Waals surface area contributed by atoms with Crippen LogP contribution in [-0.4, -0.2) is 53.1 Å². The zero-order chi connectivity index (χ0) is 19.2. The number of rotatable bonds is 5. The van der Waals surface area contributed by atoms with Crippen LogP contribution in [0, 0.1) is 0 Å². The van der Waals surface area contributed by atoms with E-state index >= 15 is 0 Å². The molecular formula is C19H29N3O3S. The van der Waals surface area contributed by atoms with Crippen LogP contribution >= 0.6 is 11.8 Å². The van der Waals surface area contributed by atoms with E-state index in [1.54, 1.807) is 27.7 Å². The highest BCUT2D eigenvalue weighted by Crippen LogP contribution is 2.16. The fourth-order valence-corrected chi connectivity index (χ4v) is 3.54. The average Bonchev–Trinajstić information content (AvgIpc) is 2.54. The Balaban J connectivity index is 1.87. The highest BCUT2D eigenvalue weighted by molar-refractivity contribution is 7.99. The first kappa shape index (κ1) is 20.6. The summed E-state index contributed by atoms with van der Waals surface area (Å²) in [7, 11) is 0. The molecule has 0 radical (unpaired) electrons. The van der Waals surface area contributed by atoms with Crippen LogP contribution in [0.5, 0.6) is 0 Å². The summed E-state index contributed by atoms with van der Waals surface area (Å²) in [6.07, 6.45) is -0.600. The van der Waals surface area contributed by atoms with E-state index in [2.05, 4.69) is 21.6 Å². The van der Waals surface area contributed by atoms with Crippen LogP contribution in [0.4, 0.5) is 10.5 Å². The van der Waals surface area contributed by atoms with Gasteiger partial charge in [-0.1, -0.05) is 12.1 Å². The van der Waals surface area contributed by atoms with Crippen molar-refractivity contribution in [3.8, 4) is 0 Å². The van der Waals surface area contributed by atoms with Gasteiger partial charge in [0.2, 0.25) is 5.91 Å². The Morgan fingerprint density at radius 1 is 1.27 bits per heavy atom. The van der Waals surface area contributed by atoms with Crippen molar-refractivity contribution in [2.24, 2.45) is 0 Å². The molecule has 1 heterocycles. The topological polar surface area (TPSA) is 70.7 Å². The minimum Gasteiger partial charge on any atom is -0.444 e. The van der Waals surface area contributed by atoms with Crippen molar-refractivity contribution in [3.63, 3.8) is 0 Å². The normalized spacial score (nSPS) is 16.6. The molecule has 0 aliphatic carbocycles. The minimum absolute atomic E-state index is 0.276. The van der Waals surface area contributed by atoms with Gasteiger partial charge < -0.3 is 15.4 Å². The smallest absolute Gasteiger partial charge is 0.408 e. The number of carbonyl (C=O) groups excluding carboxylic acids is 2. The molecule has 26 heavy (non-hydrogen) atoms. The van der Waals surface area contributed by atoms with E-state index in [9.17, 15) is 9.59 Å². The van der Waals surface area contributed by atoms with Gasteiger partial charge >= 0.3 is 6.09 Å². The standard InChI is InChI=1S/C19H29N3O3S/c1-14(20-18(24)25-19(2,3)4)17(23)21-16-7-5-6-15(12-16)13-22-8-10-26-11-9-22/h5-7,12,14H,8-11,13H2,1-4H3,(H,20,24)(H,21,23)/t14-/m1/s1. The molecule has 1 aliphatic rings. The Hall–Kier alpha value is -1.73. The van der Waals surface area contributed by atoms with Gasteiger partial charge in [0.25, 0.3) is 0 Å². The number of nitrogens with zero attached hydrogens (tertiary/aromatic N) is 1. The number of ether oxygens (including phenoxy) is 1. The van der Waals surface area contributed by atoms with Gasteiger partial charge in [0, 0.05) is 36.8 Å². The Kier molecular flexibility index (Phi) is 7.34. The molecule has 144 valence electrons. The van der Waals surface area contributed by atoms with E-state index in [1.807, 2.05) is 30.0 Å². The molecule has 6 nitrogen and oxygen atoms in total. The second-order valence-electron chi connectivity index (χ2n) is 7.45. The quantitative estimate of drug-likeness (QED) is 0.823. The minimum atomic E-state index is -0.687. The maximum Gasteiger partial charge on any atom is 0.408 e. The molecule has 1 fully saturated rings. The summed E-state index contributed by atoms with van der Waals surface area (Å²) in [6.45, 7) is 10.1. The predicted octanol–water partition coefficient (Wildman–Crippen LogP) is 3.09. The molecule has 0 aromatic heterocycles. The average molecular weight is 380 g/mol. The monoisotopic (exact) mass is 379 g/mol. The van der Waals surface area contributed by atoms with Crippen molar-refractivity contribution in [2.75, 3.05) is 29.9 Å². The summed E-state index contributed by atoms with van der Waals surface area (Å²) in [5.41, 5.74) is 1.31. The Morgan fingerprint density at radius 2 is 1.96 bits per heavy atom. The van der Waals surface area contributed by atoms with Gasteiger partial charge in [-0.2, -0.15) is 11.8 Å². The second-order valence-corrected chi connectivity index (χ2v) is 8.67. The highest BCUT2D eigenvalue weighted by Gasteiger charge is 2.21. The Labute approximate surface area is 160 Å². The van der Waals surface area contributed by atoms with E-state index in [0.29, 0.717) is 0 Å². The van der Waals surface area contributed by atoms with Gasteiger partial charge in [-0.15, -0.1) is 0 Å². The molecule has 0 saturated carbocycles. The number of thioether (sulfide) groups is 1. The van der Waals surface area contributed by atoms with E-state index in [0.717, 1.165) is 25.3 Å². The lowest BCUT2D eigenvalue weighted by atomic mass is 10.1. The Morgan fingerprint density at radius 3 is 2.62 bits per heavy atom. The summed E-state index contributed by atoms with van der Waals surface area (Å²) in [5, 5.41) is 5.41. The Bertz CT molecular complexity index is 625. The fraction of sp³-hybridized carbons (Fsp3) is 0.579. The van der Waals surface area contributed by atoms with E-state index in [-0.39, 0.29) is 5.91 Å². The lowest BCUT2D eigenvalue weighted by molar-refractivity contribution is -0.117. The van der Waals surface area contributed by atoms with Crippen LogP contribution < -0.4 is 10.6 Å². The molecule has 0 unspecified atom stereocenters. The SMILES string of the molecule is C[C@@H](NC(=O)OC(C)(C)C)C(=O)Nc1cccc(CN2CCSCC2)c1. The highest BCUT2D eigenvalue weighted by atomic mass is 32.2. The molecule has 1 saturated heterocycles. The van der Waals surface area contributed by atoms with Crippen molar-refractivity contribution >= 4 is 29.4 Å². The molecule has 2 rings (SSSR count). The zero-order valence-corrected chi connectivity index (χ0v) is 16.8. The number of alkyl carbamates (subject to hydrolysis) is 1. The van der Waals surface area contributed by atoms with E-state index in [1.165, 1.54) is 17.1 Å². The van der Waals surface area contributed by atoms with Gasteiger partial charge in [-0.25, -0.2) is 4.79 Å². The largest absolute Gasteiger partial charge is 0.444 e. The summed E-state index contributed by atoms with van der Waals surface area (Å²) >= 11 is 1.99. The third-order valence-corrected chi connectivity index (χ3v) is 4.77. The number of carbonyl (C=O) groups is 2. The number of amides is 2. The van der Waals surface area contributed by atoms with Crippen molar-refractivity contribution in [2.45, 2.75) is 45.9 Å². The first-order chi connectivity index (χ1) is 12.2. The molecule has 1 atom stereocenters. The lowest BCUT2D eigenvalue weighted by Gasteiger charge is -2.26. The van der Waals surface area contributed by atoms with Crippen LogP contribution in [0.1, 0.15) is 33.3 Å². The third-order valence-electron chi connectivity index (χ3n) is 3.83. The summed E-state index contributed by atoms with van der Waals surface area (Å²) in [4.78, 5) is 26.5. The number of hydrogen-bond acceptors (Lipinski definition) is 5. The molecule has 0 spiro atoms. The maximum absolute atomic E-state index is 12.3. The molecule has 7 heteroatoms. The lowest BCUT2D eigenvalue weighted by Crippen LogP contribution is -2.44. The van der Waals surface area contributed by atoms with Crippen molar-refractivity contribution in [1.82, 2.24) is 10.2 Å². The van der Waals surface area contributed by atoms with Gasteiger partial charge in [0.05, 0.1) is 0 Å². The fourth-order valence-electron chi connectivity index (χ4n) is 2.57. The number of anilines is 1. The first-order valence-corrected chi connectivity index (χ1v) is 10.1. The number of nitrogens with one attached hydrogen (secondary N) is 2. The molecule has 0 bridgehead atoms. The van der Waals surface area contributed by atoms with Crippen LogP contribution in [0.3, 0.4) is 0 Å². The van der Waals surface area contributed by atoms with E-state index in [4.69, 9.17) is 4.74 Å². The summed E-state index contributed by atoms with van der Waals surface area (Å²) in [6, 6.07) is 7.16. The molecule has 1 aromatic carbocycles. The molecule has 1 aromatic rings. The van der Waals surface area contributed by atoms with Crippen LogP contribution in [0.2, 0.25) is 0 Å². The van der Waals surface area contributed by atoms with Crippen LogP contribution in [0.15, 0.2) is 24.3 Å². The van der Waals surface area contributed by atoms with Gasteiger partial charge in [0.15, 0.2) is 0 Å². The number of hydrogen-bond donors (Lipinski definition) is 2. The maximum atomic E-state index is 12.3. The first-order valence-electron chi connectivity index (χ1n) is 8.92. The van der Waals surface area contributed by atoms with Gasteiger partial charge in [-0.3, -0.25) is 9.69 Å². The van der Waals surface area contributed by atoms with Crippen molar-refractivity contribution < 1.29 is 14.3 Å². The third kappa shape index (κ3) is 7.25. The number of benzene rings is 1. The predicted molar refractivity (Wildman–Crippen MR) is 107 cm³/mol. The summed E-state index contributed by atoms with van der Waals surface area (Å²) < 4.78 is 5.18. The molecule has 1 aliphatic heterocycles. The summed E-state index contributed by atoms with van der Waals surface area (Å²) in [5.74, 6) is 2.07. The van der Waals surface area contributed by atoms with Crippen LogP contribution in [0.25, 0.3) is 0 Å². The van der Waals surface area contributed by atoms with Crippen LogP contribution in [-0.2, 0) is 16.1 Å². The van der Waals surface area contributed by atoms with E-state index < -0.39 is 17.7 Å². The van der Waals surface area contributed by atoms with Gasteiger partial charge in [0.1, 0.15) is 11.6 Å².